The van der Waals surface area contributed by atoms with Crippen molar-refractivity contribution >= 4 is 23.2 Å². The Balaban J connectivity index is 1.73. The van der Waals surface area contributed by atoms with Crippen LogP contribution in [0.25, 0.3) is 0 Å². The first kappa shape index (κ1) is 22.4. The van der Waals surface area contributed by atoms with Crippen molar-refractivity contribution in [3.05, 3.63) is 64.7 Å². The molecule has 2 heterocycles. The standard InChI is InChI=1S/C27H35ClN2O/c1-19-14-16-29(17-15-19)20(2)25(31)30-24-9-7-6-8-23(24)27(5,18-26(30,3)4)21-10-12-22(28)13-11-21/h6-13,19-20H,14-18H2,1-5H3/p+1/t20-,27+/m0/s1. The molecule has 4 heteroatoms. The average Bonchev–Trinajstić information content (AvgIpc) is 2.73. The molecule has 2 aromatic carbocycles. The number of benzene rings is 2. The lowest BCUT2D eigenvalue weighted by atomic mass is 9.65. The van der Waals surface area contributed by atoms with Gasteiger partial charge in [0, 0.05) is 21.7 Å². The van der Waals surface area contributed by atoms with Gasteiger partial charge in [-0.1, -0.05) is 55.8 Å². The summed E-state index contributed by atoms with van der Waals surface area (Å²) < 4.78 is 0. The number of fused-ring (bicyclic) bond motifs is 1. The van der Waals surface area contributed by atoms with E-state index in [0.717, 1.165) is 36.1 Å². The highest BCUT2D eigenvalue weighted by Gasteiger charge is 2.49. The maximum atomic E-state index is 13.9. The number of amides is 1. The van der Waals surface area contributed by atoms with Crippen LogP contribution in [0.4, 0.5) is 5.69 Å². The third-order valence-electron chi connectivity index (χ3n) is 7.73. The quantitative estimate of drug-likeness (QED) is 0.725. The molecular formula is C27H36ClN2O+. The summed E-state index contributed by atoms with van der Waals surface area (Å²) in [6.07, 6.45) is 3.28. The van der Waals surface area contributed by atoms with Crippen LogP contribution < -0.4 is 9.80 Å². The number of nitrogens with zero attached hydrogens (tertiary/aromatic N) is 1. The second kappa shape index (κ2) is 8.26. The van der Waals surface area contributed by atoms with Crippen molar-refractivity contribution < 1.29 is 9.69 Å². The predicted molar refractivity (Wildman–Crippen MR) is 129 cm³/mol. The number of likely N-dealkylation sites (tertiary alicyclic amines) is 1. The predicted octanol–water partition coefficient (Wildman–Crippen LogP) is 4.86. The number of carbonyl (C=O) groups is 1. The number of quaternary nitrogens is 1. The SMILES string of the molecule is CC1CC[NH+]([C@@H](C)C(=O)N2c3ccccc3[C@@](C)(c3ccc(Cl)cc3)CC2(C)C)CC1. The van der Waals surface area contributed by atoms with Gasteiger partial charge in [0.25, 0.3) is 5.91 Å². The topological polar surface area (TPSA) is 24.8 Å². The van der Waals surface area contributed by atoms with Gasteiger partial charge < -0.3 is 9.80 Å². The molecule has 0 saturated carbocycles. The van der Waals surface area contributed by atoms with E-state index in [0.29, 0.717) is 0 Å². The largest absolute Gasteiger partial charge is 0.325 e. The van der Waals surface area contributed by atoms with E-state index in [9.17, 15) is 4.79 Å². The second-order valence-electron chi connectivity index (χ2n) is 10.6. The fraction of sp³-hybridized carbons (Fsp3) is 0.519. The minimum absolute atomic E-state index is 0.0280. The van der Waals surface area contributed by atoms with Crippen molar-refractivity contribution in [3.8, 4) is 0 Å². The molecular weight excluding hydrogens is 404 g/mol. The second-order valence-corrected chi connectivity index (χ2v) is 11.0. The van der Waals surface area contributed by atoms with Gasteiger partial charge in [0.2, 0.25) is 0 Å². The summed E-state index contributed by atoms with van der Waals surface area (Å²) in [6.45, 7) is 13.4. The van der Waals surface area contributed by atoms with Crippen LogP contribution in [0.2, 0.25) is 5.02 Å². The van der Waals surface area contributed by atoms with Gasteiger partial charge in [-0.2, -0.15) is 0 Å². The molecule has 31 heavy (non-hydrogen) atoms. The smallest absolute Gasteiger partial charge is 0.285 e. The number of carbonyl (C=O) groups excluding carboxylic acids is 1. The highest BCUT2D eigenvalue weighted by atomic mass is 35.5. The Labute approximate surface area is 192 Å². The van der Waals surface area contributed by atoms with Crippen molar-refractivity contribution in [2.75, 3.05) is 18.0 Å². The molecule has 1 amide bonds. The minimum atomic E-state index is -0.295. The van der Waals surface area contributed by atoms with Crippen LogP contribution in [-0.2, 0) is 10.2 Å². The fourth-order valence-electron chi connectivity index (χ4n) is 5.93. The molecule has 2 aliphatic rings. The van der Waals surface area contributed by atoms with Gasteiger partial charge in [-0.25, -0.2) is 0 Å². The van der Waals surface area contributed by atoms with Crippen molar-refractivity contribution in [3.63, 3.8) is 0 Å². The molecule has 2 atom stereocenters. The number of piperidine rings is 1. The highest BCUT2D eigenvalue weighted by molar-refractivity contribution is 6.30. The van der Waals surface area contributed by atoms with Gasteiger partial charge >= 0.3 is 0 Å². The third-order valence-corrected chi connectivity index (χ3v) is 7.98. The molecule has 0 aromatic heterocycles. The lowest BCUT2D eigenvalue weighted by Crippen LogP contribution is -3.17. The lowest BCUT2D eigenvalue weighted by molar-refractivity contribution is -0.919. The summed E-state index contributed by atoms with van der Waals surface area (Å²) in [7, 11) is 0. The number of halogens is 1. The monoisotopic (exact) mass is 439 g/mol. The molecule has 4 rings (SSSR count). The van der Waals surface area contributed by atoms with Crippen LogP contribution in [-0.4, -0.2) is 30.6 Å². The first-order valence-corrected chi connectivity index (χ1v) is 12.1. The summed E-state index contributed by atoms with van der Waals surface area (Å²) in [5, 5.41) is 0.750. The van der Waals surface area contributed by atoms with E-state index in [1.54, 1.807) is 0 Å². The van der Waals surface area contributed by atoms with Crippen LogP contribution in [0.3, 0.4) is 0 Å². The van der Waals surface area contributed by atoms with Crippen molar-refractivity contribution in [1.82, 2.24) is 0 Å². The first-order valence-electron chi connectivity index (χ1n) is 11.7. The summed E-state index contributed by atoms with van der Waals surface area (Å²) in [4.78, 5) is 17.5. The molecule has 1 N–H and O–H groups in total. The van der Waals surface area contributed by atoms with Gasteiger partial charge in [0.05, 0.1) is 13.1 Å². The Bertz CT molecular complexity index is 946. The van der Waals surface area contributed by atoms with Gasteiger partial charge in [-0.15, -0.1) is 0 Å². The molecule has 2 aromatic rings. The van der Waals surface area contributed by atoms with E-state index in [1.165, 1.54) is 28.9 Å². The maximum Gasteiger partial charge on any atom is 0.285 e. The van der Waals surface area contributed by atoms with E-state index in [4.69, 9.17) is 11.6 Å². The van der Waals surface area contributed by atoms with Crippen LogP contribution in [0.5, 0.6) is 0 Å². The zero-order valence-electron chi connectivity index (χ0n) is 19.5. The highest BCUT2D eigenvalue weighted by Crippen LogP contribution is 2.50. The van der Waals surface area contributed by atoms with E-state index in [2.05, 4.69) is 75.9 Å². The molecule has 0 bridgehead atoms. The van der Waals surface area contributed by atoms with Crippen LogP contribution >= 0.6 is 11.6 Å². The fourth-order valence-corrected chi connectivity index (χ4v) is 6.05. The van der Waals surface area contributed by atoms with Crippen LogP contribution in [0.1, 0.15) is 65.0 Å². The van der Waals surface area contributed by atoms with E-state index in [1.807, 2.05) is 12.1 Å². The molecule has 1 saturated heterocycles. The normalized spacial score (nSPS) is 28.6. The third kappa shape index (κ3) is 4.03. The maximum absolute atomic E-state index is 13.9. The number of rotatable bonds is 3. The number of hydrogen-bond acceptors (Lipinski definition) is 1. The number of hydrogen-bond donors (Lipinski definition) is 1. The molecule has 0 unspecified atom stereocenters. The van der Waals surface area contributed by atoms with E-state index < -0.39 is 0 Å². The summed E-state index contributed by atoms with van der Waals surface area (Å²) in [5.74, 6) is 1.03. The molecule has 2 aliphatic heterocycles. The van der Waals surface area contributed by atoms with Gasteiger partial charge in [-0.3, -0.25) is 4.79 Å². The van der Waals surface area contributed by atoms with Crippen molar-refractivity contribution in [2.45, 2.75) is 70.9 Å². The zero-order valence-corrected chi connectivity index (χ0v) is 20.3. The Morgan fingerprint density at radius 3 is 2.32 bits per heavy atom. The van der Waals surface area contributed by atoms with Gasteiger partial charge in [0.1, 0.15) is 0 Å². The molecule has 3 nitrogen and oxygen atoms in total. The number of nitrogens with one attached hydrogen (secondary N) is 1. The first-order chi connectivity index (χ1) is 14.6. The Kier molecular flexibility index (Phi) is 5.95. The molecule has 0 spiro atoms. The average molecular weight is 440 g/mol. The van der Waals surface area contributed by atoms with Crippen LogP contribution in [0.15, 0.2) is 48.5 Å². The minimum Gasteiger partial charge on any atom is -0.325 e. The van der Waals surface area contributed by atoms with Gasteiger partial charge in [-0.05, 0) is 75.3 Å². The molecule has 0 radical (unpaired) electrons. The van der Waals surface area contributed by atoms with Crippen molar-refractivity contribution in [2.24, 2.45) is 5.92 Å². The summed E-state index contributed by atoms with van der Waals surface area (Å²) in [5.41, 5.74) is 3.04. The molecule has 0 aliphatic carbocycles. The van der Waals surface area contributed by atoms with Gasteiger partial charge in [0.15, 0.2) is 6.04 Å². The number of para-hydroxylation sites is 1. The van der Waals surface area contributed by atoms with E-state index in [-0.39, 0.29) is 22.9 Å². The Hall–Kier alpha value is -1.84. The summed E-state index contributed by atoms with van der Waals surface area (Å²) >= 11 is 6.18. The Morgan fingerprint density at radius 1 is 1.06 bits per heavy atom. The lowest BCUT2D eigenvalue weighted by Gasteiger charge is -2.52. The van der Waals surface area contributed by atoms with E-state index >= 15 is 0 Å². The molecule has 166 valence electrons. The molecule has 1 fully saturated rings. The zero-order chi connectivity index (χ0) is 22.4. The number of anilines is 1. The van der Waals surface area contributed by atoms with Crippen molar-refractivity contribution in [1.29, 1.82) is 0 Å². The van der Waals surface area contributed by atoms with Crippen LogP contribution in [0, 0.1) is 5.92 Å². The Morgan fingerprint density at radius 2 is 1.68 bits per heavy atom. The summed E-state index contributed by atoms with van der Waals surface area (Å²) in [6, 6.07) is 16.7.